The molecular formula is C13H13BrFN. The Morgan fingerprint density at radius 3 is 2.75 bits per heavy atom. The van der Waals surface area contributed by atoms with E-state index in [0.29, 0.717) is 5.92 Å². The van der Waals surface area contributed by atoms with E-state index in [-0.39, 0.29) is 5.56 Å². The maximum absolute atomic E-state index is 13.1. The summed E-state index contributed by atoms with van der Waals surface area (Å²) in [6, 6.07) is 6.42. The fraction of sp³-hybridized carbons (Fsp3) is 0.308. The van der Waals surface area contributed by atoms with Gasteiger partial charge in [0.05, 0.1) is 5.56 Å². The minimum atomic E-state index is -0.468. The lowest BCUT2D eigenvalue weighted by molar-refractivity contribution is 0.624. The van der Waals surface area contributed by atoms with Crippen LogP contribution in [-0.4, -0.2) is 5.33 Å². The number of nitriles is 1. The van der Waals surface area contributed by atoms with Gasteiger partial charge >= 0.3 is 0 Å². The number of allylic oxidation sites excluding steroid dienone is 1. The van der Waals surface area contributed by atoms with Crippen molar-refractivity contribution in [2.24, 2.45) is 5.92 Å². The van der Waals surface area contributed by atoms with E-state index in [9.17, 15) is 4.39 Å². The van der Waals surface area contributed by atoms with Gasteiger partial charge in [-0.3, -0.25) is 0 Å². The lowest BCUT2D eigenvalue weighted by Crippen LogP contribution is -1.95. The first-order valence-corrected chi connectivity index (χ1v) is 6.16. The predicted molar refractivity (Wildman–Crippen MR) is 67.7 cm³/mol. The van der Waals surface area contributed by atoms with Crippen LogP contribution in [0.3, 0.4) is 0 Å². The highest BCUT2D eigenvalue weighted by molar-refractivity contribution is 9.09. The van der Waals surface area contributed by atoms with E-state index >= 15 is 0 Å². The number of hydrogen-bond donors (Lipinski definition) is 0. The Kier molecular flexibility index (Phi) is 4.70. The van der Waals surface area contributed by atoms with Gasteiger partial charge in [-0.2, -0.15) is 5.26 Å². The quantitative estimate of drug-likeness (QED) is 0.765. The van der Waals surface area contributed by atoms with Crippen LogP contribution < -0.4 is 0 Å². The lowest BCUT2D eigenvalue weighted by Gasteiger charge is -2.08. The van der Waals surface area contributed by atoms with E-state index in [0.717, 1.165) is 10.9 Å². The second kappa shape index (κ2) is 5.81. The molecule has 1 aromatic rings. The number of benzene rings is 1. The number of hydrogen-bond acceptors (Lipinski definition) is 1. The van der Waals surface area contributed by atoms with Crippen molar-refractivity contribution in [1.29, 1.82) is 5.26 Å². The van der Waals surface area contributed by atoms with Crippen molar-refractivity contribution in [2.45, 2.75) is 13.8 Å². The molecule has 0 saturated heterocycles. The summed E-state index contributed by atoms with van der Waals surface area (Å²) in [5.74, 6) is -0.0421. The summed E-state index contributed by atoms with van der Waals surface area (Å²) in [5, 5.41) is 9.51. The molecule has 0 aliphatic carbocycles. The Labute approximate surface area is 104 Å². The monoisotopic (exact) mass is 281 g/mol. The van der Waals surface area contributed by atoms with E-state index < -0.39 is 5.82 Å². The molecule has 16 heavy (non-hydrogen) atoms. The third kappa shape index (κ3) is 3.18. The Morgan fingerprint density at radius 2 is 2.25 bits per heavy atom. The van der Waals surface area contributed by atoms with Gasteiger partial charge in [0.1, 0.15) is 11.9 Å². The standard InChI is InChI=1S/C13H13BrFN/c1-9(2)11(7-14)5-10-3-4-13(15)12(6-10)8-16/h3-6,9H,7H2,1-2H3/b11-5+. The zero-order valence-corrected chi connectivity index (χ0v) is 10.9. The molecule has 1 aromatic carbocycles. The van der Waals surface area contributed by atoms with Crippen LogP contribution in [0, 0.1) is 23.1 Å². The van der Waals surface area contributed by atoms with E-state index in [1.54, 1.807) is 12.1 Å². The zero-order chi connectivity index (χ0) is 12.1. The fourth-order valence-corrected chi connectivity index (χ4v) is 2.10. The molecule has 3 heteroatoms. The molecule has 0 radical (unpaired) electrons. The number of alkyl halides is 1. The third-order valence-corrected chi connectivity index (χ3v) is 3.01. The van der Waals surface area contributed by atoms with Gasteiger partial charge in [-0.15, -0.1) is 0 Å². The van der Waals surface area contributed by atoms with Crippen molar-refractivity contribution in [3.8, 4) is 6.07 Å². The van der Waals surface area contributed by atoms with Crippen LogP contribution in [0.4, 0.5) is 4.39 Å². The average molecular weight is 282 g/mol. The summed E-state index contributed by atoms with van der Waals surface area (Å²) >= 11 is 3.42. The highest BCUT2D eigenvalue weighted by Crippen LogP contribution is 2.18. The predicted octanol–water partition coefficient (Wildman–Crippen LogP) is 4.13. The molecule has 0 unspecified atom stereocenters. The summed E-state index contributed by atoms with van der Waals surface area (Å²) in [6.45, 7) is 4.20. The molecule has 1 nitrogen and oxygen atoms in total. The average Bonchev–Trinajstić information content (AvgIpc) is 2.27. The molecule has 0 heterocycles. The van der Waals surface area contributed by atoms with Gasteiger partial charge in [-0.05, 0) is 23.6 Å². The van der Waals surface area contributed by atoms with Gasteiger partial charge in [-0.1, -0.05) is 47.5 Å². The Hall–Kier alpha value is -1.14. The second-order valence-electron chi connectivity index (χ2n) is 3.86. The molecule has 0 fully saturated rings. The Morgan fingerprint density at radius 1 is 1.56 bits per heavy atom. The van der Waals surface area contributed by atoms with Crippen molar-refractivity contribution in [1.82, 2.24) is 0 Å². The maximum Gasteiger partial charge on any atom is 0.140 e. The number of rotatable bonds is 3. The van der Waals surface area contributed by atoms with Crippen molar-refractivity contribution in [3.63, 3.8) is 0 Å². The van der Waals surface area contributed by atoms with E-state index in [4.69, 9.17) is 5.26 Å². The van der Waals surface area contributed by atoms with Crippen LogP contribution in [-0.2, 0) is 0 Å². The Balaban J connectivity index is 3.11. The molecule has 0 aliphatic heterocycles. The molecule has 0 saturated carbocycles. The largest absolute Gasteiger partial charge is 0.206 e. The molecule has 0 amide bonds. The van der Waals surface area contributed by atoms with Crippen molar-refractivity contribution >= 4 is 22.0 Å². The van der Waals surface area contributed by atoms with Crippen LogP contribution in [0.5, 0.6) is 0 Å². The molecule has 0 bridgehead atoms. The third-order valence-electron chi connectivity index (χ3n) is 2.36. The summed E-state index contributed by atoms with van der Waals surface area (Å²) in [7, 11) is 0. The molecule has 84 valence electrons. The highest BCUT2D eigenvalue weighted by Gasteiger charge is 2.04. The molecule has 0 aromatic heterocycles. The summed E-state index contributed by atoms with van der Waals surface area (Å²) < 4.78 is 13.1. The zero-order valence-electron chi connectivity index (χ0n) is 9.30. The first-order chi connectivity index (χ1) is 7.58. The van der Waals surface area contributed by atoms with Gasteiger partial charge < -0.3 is 0 Å². The van der Waals surface area contributed by atoms with Gasteiger partial charge in [0.25, 0.3) is 0 Å². The van der Waals surface area contributed by atoms with Crippen molar-refractivity contribution < 1.29 is 4.39 Å². The fourth-order valence-electron chi connectivity index (χ4n) is 1.29. The first-order valence-electron chi connectivity index (χ1n) is 5.04. The molecule has 0 spiro atoms. The SMILES string of the molecule is CC(C)/C(=C/c1ccc(F)c(C#N)c1)CBr. The molecule has 0 N–H and O–H groups in total. The number of halogens is 2. The van der Waals surface area contributed by atoms with Crippen LogP contribution in [0.25, 0.3) is 6.08 Å². The van der Waals surface area contributed by atoms with E-state index in [1.807, 2.05) is 12.1 Å². The van der Waals surface area contributed by atoms with Crippen LogP contribution in [0.2, 0.25) is 0 Å². The van der Waals surface area contributed by atoms with Crippen LogP contribution in [0.15, 0.2) is 23.8 Å². The lowest BCUT2D eigenvalue weighted by atomic mass is 10.0. The minimum Gasteiger partial charge on any atom is -0.206 e. The summed E-state index contributed by atoms with van der Waals surface area (Å²) in [4.78, 5) is 0. The molecule has 0 atom stereocenters. The topological polar surface area (TPSA) is 23.8 Å². The summed E-state index contributed by atoms with van der Waals surface area (Å²) in [6.07, 6.45) is 1.99. The number of nitrogens with zero attached hydrogens (tertiary/aromatic N) is 1. The van der Waals surface area contributed by atoms with Crippen LogP contribution in [0.1, 0.15) is 25.0 Å². The minimum absolute atomic E-state index is 0.0893. The molecule has 1 rings (SSSR count). The Bertz CT molecular complexity index is 444. The molecule has 0 aliphatic rings. The van der Waals surface area contributed by atoms with E-state index in [1.165, 1.54) is 11.6 Å². The normalized spacial score (nSPS) is 11.6. The molecular weight excluding hydrogens is 269 g/mol. The first kappa shape index (κ1) is 12.9. The summed E-state index contributed by atoms with van der Waals surface area (Å²) in [5.41, 5.74) is 2.17. The van der Waals surface area contributed by atoms with Crippen molar-refractivity contribution in [2.75, 3.05) is 5.33 Å². The maximum atomic E-state index is 13.1. The van der Waals surface area contributed by atoms with Gasteiger partial charge in [0.15, 0.2) is 0 Å². The smallest absolute Gasteiger partial charge is 0.140 e. The highest BCUT2D eigenvalue weighted by atomic mass is 79.9. The second-order valence-corrected chi connectivity index (χ2v) is 4.42. The van der Waals surface area contributed by atoms with Crippen LogP contribution >= 0.6 is 15.9 Å². The van der Waals surface area contributed by atoms with Crippen molar-refractivity contribution in [3.05, 3.63) is 40.7 Å². The van der Waals surface area contributed by atoms with Gasteiger partial charge in [-0.25, -0.2) is 4.39 Å². The van der Waals surface area contributed by atoms with Gasteiger partial charge in [0.2, 0.25) is 0 Å². The van der Waals surface area contributed by atoms with E-state index in [2.05, 4.69) is 29.8 Å². The van der Waals surface area contributed by atoms with Gasteiger partial charge in [0, 0.05) is 5.33 Å².